The summed E-state index contributed by atoms with van der Waals surface area (Å²) in [4.78, 5) is 2.34. The van der Waals surface area contributed by atoms with Crippen LogP contribution in [0, 0.1) is 11.3 Å². The molecule has 0 aromatic heterocycles. The van der Waals surface area contributed by atoms with Crippen molar-refractivity contribution in [2.45, 2.75) is 37.8 Å². The number of nitrogens with zero attached hydrogens (tertiary/aromatic N) is 2. The Morgan fingerprint density at radius 1 is 1.31 bits per heavy atom. The zero-order valence-corrected chi connectivity index (χ0v) is 7.91. The summed E-state index contributed by atoms with van der Waals surface area (Å²) in [6, 6.07) is 3.00. The maximum atomic E-state index is 8.95. The maximum absolute atomic E-state index is 8.95. The fraction of sp³-hybridized carbons (Fsp3) is 0.900. The molecule has 1 aliphatic carbocycles. The highest BCUT2D eigenvalue weighted by atomic mass is 16.5. The van der Waals surface area contributed by atoms with E-state index in [1.807, 2.05) is 0 Å². The lowest BCUT2D eigenvalue weighted by Crippen LogP contribution is -2.49. The number of hydrogen-bond acceptors (Lipinski definition) is 3. The molecule has 0 radical (unpaired) electrons. The van der Waals surface area contributed by atoms with Gasteiger partial charge in [-0.15, -0.1) is 0 Å². The van der Waals surface area contributed by atoms with Gasteiger partial charge in [-0.05, 0) is 12.8 Å². The molecule has 1 atom stereocenters. The molecule has 3 nitrogen and oxygen atoms in total. The summed E-state index contributed by atoms with van der Waals surface area (Å²) in [5, 5.41) is 8.95. The van der Waals surface area contributed by atoms with Gasteiger partial charge in [0.1, 0.15) is 6.04 Å². The first-order valence-corrected chi connectivity index (χ1v) is 5.15. The van der Waals surface area contributed by atoms with Crippen LogP contribution < -0.4 is 0 Å². The number of morpholine rings is 1. The van der Waals surface area contributed by atoms with E-state index in [1.54, 1.807) is 0 Å². The second-order valence-electron chi connectivity index (χ2n) is 3.90. The van der Waals surface area contributed by atoms with Gasteiger partial charge in [-0.1, -0.05) is 12.8 Å². The van der Waals surface area contributed by atoms with E-state index in [1.165, 1.54) is 25.7 Å². The summed E-state index contributed by atoms with van der Waals surface area (Å²) >= 11 is 0. The fourth-order valence-electron chi connectivity index (χ4n) is 2.40. The maximum Gasteiger partial charge on any atom is 0.122 e. The molecule has 1 aliphatic heterocycles. The van der Waals surface area contributed by atoms with E-state index in [-0.39, 0.29) is 6.04 Å². The molecule has 1 saturated carbocycles. The first-order valence-electron chi connectivity index (χ1n) is 5.15. The third-order valence-electron chi connectivity index (χ3n) is 3.11. The van der Waals surface area contributed by atoms with Gasteiger partial charge < -0.3 is 4.74 Å². The lowest BCUT2D eigenvalue weighted by Gasteiger charge is -2.35. The molecule has 2 rings (SSSR count). The van der Waals surface area contributed by atoms with Crippen molar-refractivity contribution in [2.75, 3.05) is 19.8 Å². The molecule has 2 fully saturated rings. The minimum absolute atomic E-state index is 0.0110. The molecule has 0 N–H and O–H groups in total. The third kappa shape index (κ3) is 1.84. The number of nitriles is 1. The zero-order valence-electron chi connectivity index (χ0n) is 7.91. The summed E-state index contributed by atoms with van der Waals surface area (Å²) in [7, 11) is 0. The van der Waals surface area contributed by atoms with Crippen LogP contribution in [0.5, 0.6) is 0 Å². The van der Waals surface area contributed by atoms with E-state index in [2.05, 4.69) is 11.0 Å². The minimum Gasteiger partial charge on any atom is -0.377 e. The zero-order chi connectivity index (χ0) is 9.10. The van der Waals surface area contributed by atoms with Gasteiger partial charge in [0.05, 0.1) is 19.3 Å². The highest BCUT2D eigenvalue weighted by Gasteiger charge is 2.30. The fourth-order valence-corrected chi connectivity index (χ4v) is 2.40. The molecule has 1 saturated heterocycles. The Bertz CT molecular complexity index is 205. The lowest BCUT2D eigenvalue weighted by atomic mass is 10.1. The van der Waals surface area contributed by atoms with Gasteiger partial charge in [0, 0.05) is 12.6 Å². The van der Waals surface area contributed by atoms with Gasteiger partial charge in [0.15, 0.2) is 0 Å². The van der Waals surface area contributed by atoms with Crippen molar-refractivity contribution in [2.24, 2.45) is 0 Å². The minimum atomic E-state index is 0.0110. The van der Waals surface area contributed by atoms with Gasteiger partial charge in [-0.3, -0.25) is 4.90 Å². The highest BCUT2D eigenvalue weighted by molar-refractivity contribution is 4.97. The Labute approximate surface area is 79.3 Å². The van der Waals surface area contributed by atoms with Crippen molar-refractivity contribution in [3.8, 4) is 6.07 Å². The van der Waals surface area contributed by atoms with E-state index in [4.69, 9.17) is 10.00 Å². The highest BCUT2D eigenvalue weighted by Crippen LogP contribution is 2.25. The summed E-state index contributed by atoms with van der Waals surface area (Å²) in [6.07, 6.45) is 5.22. The topological polar surface area (TPSA) is 36.3 Å². The van der Waals surface area contributed by atoms with Crippen LogP contribution in [0.3, 0.4) is 0 Å². The van der Waals surface area contributed by atoms with Gasteiger partial charge >= 0.3 is 0 Å². The SMILES string of the molecule is N#CC1COCCN1C1CCCC1. The predicted molar refractivity (Wildman–Crippen MR) is 49.2 cm³/mol. The molecule has 0 aromatic rings. The molecule has 1 unspecified atom stereocenters. The van der Waals surface area contributed by atoms with Crippen molar-refractivity contribution < 1.29 is 4.74 Å². The molecule has 1 heterocycles. The van der Waals surface area contributed by atoms with Crippen molar-refractivity contribution in [1.29, 1.82) is 5.26 Å². The van der Waals surface area contributed by atoms with Crippen LogP contribution in [0.4, 0.5) is 0 Å². The average molecular weight is 180 g/mol. The van der Waals surface area contributed by atoms with Crippen molar-refractivity contribution in [3.63, 3.8) is 0 Å². The largest absolute Gasteiger partial charge is 0.377 e. The van der Waals surface area contributed by atoms with Gasteiger partial charge in [0.2, 0.25) is 0 Å². The number of ether oxygens (including phenoxy) is 1. The van der Waals surface area contributed by atoms with Crippen LogP contribution in [0.15, 0.2) is 0 Å². The Morgan fingerprint density at radius 2 is 2.08 bits per heavy atom. The Hall–Kier alpha value is -0.590. The van der Waals surface area contributed by atoms with Crippen LogP contribution in [-0.2, 0) is 4.74 Å². The molecule has 0 amide bonds. The molecule has 13 heavy (non-hydrogen) atoms. The Balaban J connectivity index is 1.98. The smallest absolute Gasteiger partial charge is 0.122 e. The first-order chi connectivity index (χ1) is 6.42. The predicted octanol–water partition coefficient (Wildman–Crippen LogP) is 1.15. The van der Waals surface area contributed by atoms with Gasteiger partial charge in [-0.2, -0.15) is 5.26 Å². The molecule has 0 aromatic carbocycles. The quantitative estimate of drug-likeness (QED) is 0.607. The standard InChI is InChI=1S/C10H16N2O/c11-7-10-8-13-6-5-12(10)9-3-1-2-4-9/h9-10H,1-6,8H2. The molecule has 72 valence electrons. The summed E-state index contributed by atoms with van der Waals surface area (Å²) in [5.74, 6) is 0. The van der Waals surface area contributed by atoms with Crippen molar-refractivity contribution in [1.82, 2.24) is 4.90 Å². The summed E-state index contributed by atoms with van der Waals surface area (Å²) in [6.45, 7) is 2.35. The molecule has 0 bridgehead atoms. The van der Waals surface area contributed by atoms with Crippen LogP contribution in [0.2, 0.25) is 0 Å². The van der Waals surface area contributed by atoms with Crippen LogP contribution in [-0.4, -0.2) is 36.7 Å². The van der Waals surface area contributed by atoms with Crippen molar-refractivity contribution >= 4 is 0 Å². The Kier molecular flexibility index (Phi) is 2.82. The van der Waals surface area contributed by atoms with E-state index in [0.717, 1.165) is 13.2 Å². The van der Waals surface area contributed by atoms with Crippen molar-refractivity contribution in [3.05, 3.63) is 0 Å². The number of rotatable bonds is 1. The van der Waals surface area contributed by atoms with E-state index < -0.39 is 0 Å². The molecule has 3 heteroatoms. The lowest BCUT2D eigenvalue weighted by molar-refractivity contribution is -0.00739. The monoisotopic (exact) mass is 180 g/mol. The summed E-state index contributed by atoms with van der Waals surface area (Å²) in [5.41, 5.74) is 0. The average Bonchev–Trinajstić information content (AvgIpc) is 2.70. The normalized spacial score (nSPS) is 31.8. The van der Waals surface area contributed by atoms with Crippen LogP contribution in [0.25, 0.3) is 0 Å². The van der Waals surface area contributed by atoms with E-state index >= 15 is 0 Å². The molecule has 2 aliphatic rings. The number of hydrogen-bond donors (Lipinski definition) is 0. The third-order valence-corrected chi connectivity index (χ3v) is 3.11. The van der Waals surface area contributed by atoms with Crippen LogP contribution in [0.1, 0.15) is 25.7 Å². The van der Waals surface area contributed by atoms with Gasteiger partial charge in [-0.25, -0.2) is 0 Å². The van der Waals surface area contributed by atoms with Gasteiger partial charge in [0.25, 0.3) is 0 Å². The first kappa shape index (κ1) is 8.98. The van der Waals surface area contributed by atoms with E-state index in [9.17, 15) is 0 Å². The molecule has 0 spiro atoms. The Morgan fingerprint density at radius 3 is 2.77 bits per heavy atom. The molecular weight excluding hydrogens is 164 g/mol. The molecular formula is C10H16N2O. The second kappa shape index (κ2) is 4.08. The summed E-state index contributed by atoms with van der Waals surface area (Å²) < 4.78 is 5.30. The van der Waals surface area contributed by atoms with Crippen LogP contribution >= 0.6 is 0 Å². The second-order valence-corrected chi connectivity index (χ2v) is 3.90. The van der Waals surface area contributed by atoms with E-state index in [0.29, 0.717) is 12.6 Å².